The first kappa shape index (κ1) is 44.9. The Morgan fingerprint density at radius 2 is 1.57 bits per heavy atom. The van der Waals surface area contributed by atoms with Crippen molar-refractivity contribution in [1.82, 2.24) is 39.2 Å². The zero-order chi connectivity index (χ0) is 43.5. The van der Waals surface area contributed by atoms with Crippen LogP contribution >= 0.6 is 0 Å². The fraction of sp³-hybridized carbons (Fsp3) is 0.644. The first-order chi connectivity index (χ1) is 30.9. The lowest BCUT2D eigenvalue weighted by Crippen LogP contribution is -2.53. The number of imidazole rings is 1. The number of carbonyl (C=O) groups is 3. The van der Waals surface area contributed by atoms with Crippen LogP contribution in [0.15, 0.2) is 35.5 Å². The summed E-state index contributed by atoms with van der Waals surface area (Å²) in [4.78, 5) is 67.2. The van der Waals surface area contributed by atoms with Crippen LogP contribution in [-0.2, 0) is 51.5 Å². The second kappa shape index (κ2) is 21.8. The summed E-state index contributed by atoms with van der Waals surface area (Å²) in [7, 11) is 1.71. The maximum atomic E-state index is 13.2. The van der Waals surface area contributed by atoms with Crippen LogP contribution < -0.4 is 16.3 Å². The Morgan fingerprint density at radius 1 is 0.857 bits per heavy atom. The highest BCUT2D eigenvalue weighted by atomic mass is 16.6. The fourth-order valence-electron chi connectivity index (χ4n) is 9.77. The Labute approximate surface area is 367 Å². The second-order valence-electron chi connectivity index (χ2n) is 17.1. The summed E-state index contributed by atoms with van der Waals surface area (Å²) in [6, 6.07) is 5.93. The molecular formula is C45H63N9O9. The summed E-state index contributed by atoms with van der Waals surface area (Å²) in [5, 5.41) is 7.26. The number of fused-ring (bicyclic) bond motifs is 2. The molecule has 3 N–H and O–H groups in total. The predicted octanol–water partition coefficient (Wildman–Crippen LogP) is 3.05. The van der Waals surface area contributed by atoms with Gasteiger partial charge in [-0.25, -0.2) is 14.8 Å². The van der Waals surface area contributed by atoms with Crippen LogP contribution in [-0.4, -0.2) is 156 Å². The maximum Gasteiger partial charge on any atom is 0.329 e. The molecule has 1 unspecified atom stereocenters. The van der Waals surface area contributed by atoms with Crippen molar-refractivity contribution in [3.63, 3.8) is 0 Å². The van der Waals surface area contributed by atoms with Crippen LogP contribution in [0.1, 0.15) is 80.9 Å². The molecule has 342 valence electrons. The van der Waals surface area contributed by atoms with Gasteiger partial charge in [-0.2, -0.15) is 0 Å². The number of rotatable bonds is 20. The molecule has 1 saturated carbocycles. The third kappa shape index (κ3) is 11.0. The maximum absolute atomic E-state index is 13.2. The van der Waals surface area contributed by atoms with E-state index in [1.807, 2.05) is 23.1 Å². The van der Waals surface area contributed by atoms with Gasteiger partial charge < -0.3 is 38.9 Å². The number of ether oxygens (including phenoxy) is 5. The molecule has 3 saturated heterocycles. The number of aromatic nitrogens is 5. The third-order valence-electron chi connectivity index (χ3n) is 13.2. The van der Waals surface area contributed by atoms with Gasteiger partial charge in [0.1, 0.15) is 30.4 Å². The summed E-state index contributed by atoms with van der Waals surface area (Å²) >= 11 is 0. The average molecular weight is 874 g/mol. The molecule has 1 aromatic carbocycles. The van der Waals surface area contributed by atoms with Crippen LogP contribution in [0.4, 0.5) is 5.82 Å². The number of aromatic amines is 1. The first-order valence-corrected chi connectivity index (χ1v) is 22.9. The second-order valence-corrected chi connectivity index (χ2v) is 17.1. The highest BCUT2D eigenvalue weighted by Crippen LogP contribution is 2.36. The lowest BCUT2D eigenvalue weighted by Gasteiger charge is -2.42. The Hall–Kier alpha value is -4.72. The van der Waals surface area contributed by atoms with E-state index in [2.05, 4.69) is 36.7 Å². The number of amides is 3. The molecule has 4 fully saturated rings. The van der Waals surface area contributed by atoms with E-state index in [0.717, 1.165) is 112 Å². The smallest absolute Gasteiger partial charge is 0.329 e. The highest BCUT2D eigenvalue weighted by Gasteiger charge is 2.33. The number of imide groups is 1. The number of piperazine rings is 1. The van der Waals surface area contributed by atoms with Gasteiger partial charge >= 0.3 is 5.69 Å². The van der Waals surface area contributed by atoms with Crippen molar-refractivity contribution in [1.29, 1.82) is 0 Å². The molecule has 8 rings (SSSR count). The zero-order valence-electron chi connectivity index (χ0n) is 36.5. The topological polar surface area (TPSA) is 196 Å². The van der Waals surface area contributed by atoms with Crippen molar-refractivity contribution in [3.8, 4) is 0 Å². The number of benzene rings is 1. The van der Waals surface area contributed by atoms with Gasteiger partial charge in [0.05, 0.1) is 56.1 Å². The van der Waals surface area contributed by atoms with E-state index in [9.17, 15) is 19.2 Å². The number of piperidine rings is 1. The van der Waals surface area contributed by atoms with Gasteiger partial charge in [0, 0.05) is 77.7 Å². The number of hydrogen-bond donors (Lipinski definition) is 3. The molecule has 63 heavy (non-hydrogen) atoms. The van der Waals surface area contributed by atoms with Gasteiger partial charge in [0.2, 0.25) is 17.7 Å². The number of anilines is 1. The van der Waals surface area contributed by atoms with E-state index in [4.69, 9.17) is 23.7 Å². The van der Waals surface area contributed by atoms with Crippen LogP contribution in [0.5, 0.6) is 0 Å². The van der Waals surface area contributed by atoms with Crippen LogP contribution in [0.25, 0.3) is 22.1 Å². The Bertz CT molecular complexity index is 2220. The largest absolute Gasteiger partial charge is 0.381 e. The SMILES string of the molecule is Cn1c(=O)n(C2CCC(=O)NC2=O)c2cccc(CCCOCCOCCOCCOCC(=O)N3CCN([C@H]4CC[C@H](Nc5ncnc6[nH]cc(C7CCOCC7)c56)CC4)CC3)c21. The molecule has 0 bridgehead atoms. The molecule has 18 nitrogen and oxygen atoms in total. The van der Waals surface area contributed by atoms with Crippen molar-refractivity contribution in [2.24, 2.45) is 7.05 Å². The molecule has 1 atom stereocenters. The minimum atomic E-state index is -0.706. The van der Waals surface area contributed by atoms with E-state index >= 15 is 0 Å². The monoisotopic (exact) mass is 873 g/mol. The molecule has 18 heteroatoms. The average Bonchev–Trinajstić information content (AvgIpc) is 3.86. The number of carbonyl (C=O) groups excluding carboxylic acids is 3. The van der Waals surface area contributed by atoms with Crippen molar-refractivity contribution in [2.45, 2.75) is 88.3 Å². The van der Waals surface area contributed by atoms with E-state index in [1.54, 1.807) is 17.9 Å². The van der Waals surface area contributed by atoms with Gasteiger partial charge in [-0.05, 0) is 80.9 Å². The third-order valence-corrected chi connectivity index (χ3v) is 13.2. The van der Waals surface area contributed by atoms with Gasteiger partial charge in [0.25, 0.3) is 0 Å². The summed E-state index contributed by atoms with van der Waals surface area (Å²) in [6.45, 7) is 7.90. The van der Waals surface area contributed by atoms with Crippen molar-refractivity contribution < 1.29 is 38.1 Å². The molecule has 4 aromatic rings. The summed E-state index contributed by atoms with van der Waals surface area (Å²) in [6.07, 6.45) is 12.2. The number of H-pyrrole nitrogens is 1. The number of para-hydroxylation sites is 1. The molecule has 4 aliphatic rings. The van der Waals surface area contributed by atoms with Crippen molar-refractivity contribution >= 4 is 45.6 Å². The number of aryl methyl sites for hydroxylation is 2. The Balaban J connectivity index is 0.635. The van der Waals surface area contributed by atoms with Crippen molar-refractivity contribution in [3.05, 3.63) is 52.3 Å². The fourth-order valence-corrected chi connectivity index (χ4v) is 9.77. The van der Waals surface area contributed by atoms with Gasteiger partial charge in [-0.1, -0.05) is 12.1 Å². The standard InChI is InChI=1S/C45H63N9O9/c1-51-41-32(4-2-6-36(41)54(45(51)58)37-11-12-38(55)50-44(37)57)5-3-19-59-22-23-61-24-25-62-26-27-63-29-39(56)53-17-15-52(16-18-53)34-9-7-33(8-10-34)49-43-40-35(31-13-20-60-21-14-31)28-46-42(40)47-30-48-43/h2,4,6,28,30-31,33-34,37H,3,5,7-27,29H2,1H3,(H,50,55,57)(H2,46,47,48,49)/t33-,34-,37?. The Kier molecular flexibility index (Phi) is 15.5. The van der Waals surface area contributed by atoms with E-state index in [0.29, 0.717) is 82.6 Å². The van der Waals surface area contributed by atoms with Crippen LogP contribution in [0, 0.1) is 0 Å². The molecule has 3 aromatic heterocycles. The summed E-state index contributed by atoms with van der Waals surface area (Å²) < 4.78 is 31.4. The van der Waals surface area contributed by atoms with E-state index in [-0.39, 0.29) is 30.5 Å². The summed E-state index contributed by atoms with van der Waals surface area (Å²) in [5.74, 6) is 0.683. The van der Waals surface area contributed by atoms with Gasteiger partial charge in [-0.3, -0.25) is 33.7 Å². The van der Waals surface area contributed by atoms with Crippen LogP contribution in [0.2, 0.25) is 0 Å². The number of hydrogen-bond acceptors (Lipinski definition) is 13. The quantitative estimate of drug-likeness (QED) is 0.0867. The predicted molar refractivity (Wildman–Crippen MR) is 235 cm³/mol. The molecule has 3 amide bonds. The number of nitrogens with one attached hydrogen (secondary N) is 3. The van der Waals surface area contributed by atoms with Crippen molar-refractivity contribution in [2.75, 3.05) is 97.6 Å². The normalized spacial score (nSPS) is 21.7. The first-order valence-electron chi connectivity index (χ1n) is 22.9. The number of nitrogens with zero attached hydrogens (tertiary/aromatic N) is 6. The minimum absolute atomic E-state index is 0.0264. The van der Waals surface area contributed by atoms with E-state index in [1.165, 1.54) is 10.1 Å². The lowest BCUT2D eigenvalue weighted by atomic mass is 9.89. The van der Waals surface area contributed by atoms with Gasteiger partial charge in [0.15, 0.2) is 0 Å². The molecule has 0 radical (unpaired) electrons. The lowest BCUT2D eigenvalue weighted by molar-refractivity contribution is -0.139. The van der Waals surface area contributed by atoms with Crippen LogP contribution in [0.3, 0.4) is 0 Å². The summed E-state index contributed by atoms with van der Waals surface area (Å²) in [5.41, 5.74) is 4.40. The molecule has 0 spiro atoms. The Morgan fingerprint density at radius 3 is 2.30 bits per heavy atom. The molecule has 1 aliphatic carbocycles. The van der Waals surface area contributed by atoms with E-state index < -0.39 is 11.9 Å². The molecule has 6 heterocycles. The zero-order valence-corrected chi connectivity index (χ0v) is 36.5. The highest BCUT2D eigenvalue weighted by molar-refractivity contribution is 6.00. The molecule has 3 aliphatic heterocycles. The molecular weight excluding hydrogens is 811 g/mol. The minimum Gasteiger partial charge on any atom is -0.381 e. The van der Waals surface area contributed by atoms with Gasteiger partial charge in [-0.15, -0.1) is 0 Å².